The van der Waals surface area contributed by atoms with Gasteiger partial charge in [-0.25, -0.2) is 4.79 Å². The summed E-state index contributed by atoms with van der Waals surface area (Å²) in [4.78, 5) is 56.0. The molecule has 1 rings (SSSR count). The zero-order valence-electron chi connectivity index (χ0n) is 28.1. The van der Waals surface area contributed by atoms with Gasteiger partial charge in [0.25, 0.3) is 0 Å². The molecule has 0 spiro atoms. The number of carboxylic acids is 1. The van der Waals surface area contributed by atoms with Gasteiger partial charge in [0.05, 0.1) is 12.7 Å². The summed E-state index contributed by atoms with van der Waals surface area (Å²) in [6.07, 6.45) is 3.65. The normalized spacial score (nSPS) is 15.7. The van der Waals surface area contributed by atoms with Gasteiger partial charge in [-0.1, -0.05) is 98.1 Å². The molecule has 1 aromatic carbocycles. The SMILES string of the molecule is CCCC[C@@H](C)C[C@@H](C)C(=O)N(C)[C@@H](CC(C)C)C(=O)N[C@H](C(=O)N(C)[C@H](C(=O)O)C(C)C)[C@@H](C)OCc1ccccc1. The van der Waals surface area contributed by atoms with E-state index < -0.39 is 42.0 Å². The van der Waals surface area contributed by atoms with E-state index >= 15 is 0 Å². The Balaban J connectivity index is 3.28. The molecule has 0 heterocycles. The van der Waals surface area contributed by atoms with Crippen LogP contribution in [0, 0.1) is 23.7 Å². The van der Waals surface area contributed by atoms with Crippen LogP contribution in [0.2, 0.25) is 0 Å². The van der Waals surface area contributed by atoms with Gasteiger partial charge in [-0.15, -0.1) is 0 Å². The van der Waals surface area contributed by atoms with Crippen molar-refractivity contribution in [3.8, 4) is 0 Å². The third-order valence-corrected chi connectivity index (χ3v) is 8.08. The number of nitrogens with zero attached hydrogens (tertiary/aromatic N) is 2. The van der Waals surface area contributed by atoms with Crippen LogP contribution in [0.15, 0.2) is 30.3 Å². The fourth-order valence-electron chi connectivity index (χ4n) is 5.55. The molecule has 1 aromatic rings. The lowest BCUT2D eigenvalue weighted by atomic mass is 9.91. The predicted molar refractivity (Wildman–Crippen MR) is 170 cm³/mol. The van der Waals surface area contributed by atoms with Crippen molar-refractivity contribution in [2.75, 3.05) is 14.1 Å². The Bertz CT molecular complexity index is 1010. The van der Waals surface area contributed by atoms with Crippen LogP contribution in [0.5, 0.6) is 0 Å². The molecule has 9 heteroatoms. The molecule has 0 saturated carbocycles. The highest BCUT2D eigenvalue weighted by molar-refractivity contribution is 5.94. The summed E-state index contributed by atoms with van der Waals surface area (Å²) in [5.41, 5.74) is 0.899. The second-order valence-electron chi connectivity index (χ2n) is 12.9. The van der Waals surface area contributed by atoms with E-state index in [0.717, 1.165) is 31.2 Å². The molecule has 0 unspecified atom stereocenters. The number of likely N-dealkylation sites (N-methyl/N-ethyl adjacent to an activating group) is 2. The van der Waals surface area contributed by atoms with Crippen LogP contribution in [-0.4, -0.2) is 76.9 Å². The summed E-state index contributed by atoms with van der Waals surface area (Å²) >= 11 is 0. The van der Waals surface area contributed by atoms with Gasteiger partial charge in [-0.3, -0.25) is 14.4 Å². The number of unbranched alkanes of at least 4 members (excludes halogenated alkanes) is 1. The molecule has 6 atom stereocenters. The minimum atomic E-state index is -1.16. The molecule has 2 N–H and O–H groups in total. The first kappa shape index (κ1) is 38.1. The second kappa shape index (κ2) is 18.7. The van der Waals surface area contributed by atoms with E-state index in [2.05, 4.69) is 19.2 Å². The number of benzene rings is 1. The molecule has 0 aliphatic carbocycles. The van der Waals surface area contributed by atoms with Crippen LogP contribution in [0.25, 0.3) is 0 Å². The molecule has 0 aromatic heterocycles. The van der Waals surface area contributed by atoms with Crippen LogP contribution < -0.4 is 5.32 Å². The van der Waals surface area contributed by atoms with Crippen molar-refractivity contribution in [2.24, 2.45) is 23.7 Å². The Hall–Kier alpha value is -2.94. The molecule has 0 aliphatic heterocycles. The number of amides is 3. The molecule has 0 bridgehead atoms. The summed E-state index contributed by atoms with van der Waals surface area (Å²) in [5.74, 6) is -2.37. The maximum atomic E-state index is 13.9. The minimum Gasteiger partial charge on any atom is -0.480 e. The lowest BCUT2D eigenvalue weighted by molar-refractivity contribution is -0.154. The Morgan fingerprint density at radius 2 is 1.49 bits per heavy atom. The van der Waals surface area contributed by atoms with Crippen molar-refractivity contribution < 1.29 is 29.0 Å². The number of hydrogen-bond acceptors (Lipinski definition) is 5. The van der Waals surface area contributed by atoms with Gasteiger partial charge >= 0.3 is 5.97 Å². The molecule has 43 heavy (non-hydrogen) atoms. The van der Waals surface area contributed by atoms with Gasteiger partial charge in [-0.05, 0) is 43.1 Å². The van der Waals surface area contributed by atoms with Gasteiger partial charge in [-0.2, -0.15) is 0 Å². The van der Waals surface area contributed by atoms with Crippen molar-refractivity contribution >= 4 is 23.7 Å². The zero-order valence-corrected chi connectivity index (χ0v) is 28.1. The number of ether oxygens (including phenoxy) is 1. The fourth-order valence-corrected chi connectivity index (χ4v) is 5.55. The molecular formula is C34H57N3O6. The highest BCUT2D eigenvalue weighted by Gasteiger charge is 2.39. The lowest BCUT2D eigenvalue weighted by Gasteiger charge is -2.36. The molecule has 0 saturated heterocycles. The summed E-state index contributed by atoms with van der Waals surface area (Å²) in [6, 6.07) is 6.42. The van der Waals surface area contributed by atoms with E-state index in [0.29, 0.717) is 12.3 Å². The average molecular weight is 604 g/mol. The molecule has 3 amide bonds. The van der Waals surface area contributed by atoms with E-state index in [9.17, 15) is 24.3 Å². The van der Waals surface area contributed by atoms with Crippen molar-refractivity contribution in [1.82, 2.24) is 15.1 Å². The standard InChI is InChI=1S/C34H57N3O6/c1-11-12-16-24(6)20-25(7)32(39)36(9)28(19-22(2)3)31(38)35-29(26(8)43-21-27-17-14-13-15-18-27)33(40)37(10)30(23(4)5)34(41)42/h13-15,17-18,22-26,28-30H,11-12,16,19-21H2,1-10H3,(H,35,38)(H,41,42)/t24-,25-,26-,28+,29+,30+/m1/s1. The highest BCUT2D eigenvalue weighted by Crippen LogP contribution is 2.22. The Kier molecular flexibility index (Phi) is 16.5. The van der Waals surface area contributed by atoms with E-state index in [4.69, 9.17) is 4.74 Å². The topological polar surface area (TPSA) is 116 Å². The average Bonchev–Trinajstić information content (AvgIpc) is 2.94. The van der Waals surface area contributed by atoms with Crippen molar-refractivity contribution in [3.05, 3.63) is 35.9 Å². The summed E-state index contributed by atoms with van der Waals surface area (Å²) in [7, 11) is 3.09. The second-order valence-corrected chi connectivity index (χ2v) is 12.9. The van der Waals surface area contributed by atoms with Gasteiger partial charge < -0.3 is 25.0 Å². The molecule has 0 aliphatic rings. The fraction of sp³-hybridized carbons (Fsp3) is 0.706. The monoisotopic (exact) mass is 603 g/mol. The zero-order chi connectivity index (χ0) is 32.9. The largest absolute Gasteiger partial charge is 0.480 e. The molecule has 0 fully saturated rings. The molecule has 244 valence electrons. The van der Waals surface area contributed by atoms with Gasteiger partial charge in [0.1, 0.15) is 18.1 Å². The number of carbonyl (C=O) groups is 4. The molecular weight excluding hydrogens is 546 g/mol. The first-order valence-electron chi connectivity index (χ1n) is 15.8. The number of nitrogens with one attached hydrogen (secondary N) is 1. The van der Waals surface area contributed by atoms with Crippen molar-refractivity contribution in [2.45, 2.75) is 118 Å². The number of carboxylic acid groups (broad SMARTS) is 1. The quantitative estimate of drug-likeness (QED) is 0.220. The number of carbonyl (C=O) groups excluding carboxylic acids is 3. The minimum absolute atomic E-state index is 0.102. The lowest BCUT2D eigenvalue weighted by Crippen LogP contribution is -2.60. The number of rotatable bonds is 19. The highest BCUT2D eigenvalue weighted by atomic mass is 16.5. The molecule has 0 radical (unpaired) electrons. The first-order chi connectivity index (χ1) is 20.1. The maximum Gasteiger partial charge on any atom is 0.326 e. The van der Waals surface area contributed by atoms with Crippen LogP contribution in [0.4, 0.5) is 0 Å². The summed E-state index contributed by atoms with van der Waals surface area (Å²) in [6.45, 7) is 15.5. The smallest absolute Gasteiger partial charge is 0.326 e. The third-order valence-electron chi connectivity index (χ3n) is 8.08. The van der Waals surface area contributed by atoms with E-state index in [1.165, 1.54) is 16.8 Å². The van der Waals surface area contributed by atoms with Crippen LogP contribution in [-0.2, 0) is 30.5 Å². The van der Waals surface area contributed by atoms with Crippen molar-refractivity contribution in [1.29, 1.82) is 0 Å². The third kappa shape index (κ3) is 12.3. The van der Waals surface area contributed by atoms with Crippen LogP contribution in [0.1, 0.15) is 93.1 Å². The van der Waals surface area contributed by atoms with E-state index in [-0.39, 0.29) is 30.3 Å². The summed E-state index contributed by atoms with van der Waals surface area (Å²) < 4.78 is 6.06. The Morgan fingerprint density at radius 3 is 2.00 bits per heavy atom. The maximum absolute atomic E-state index is 13.9. The van der Waals surface area contributed by atoms with Crippen LogP contribution >= 0.6 is 0 Å². The molecule has 9 nitrogen and oxygen atoms in total. The van der Waals surface area contributed by atoms with E-state index in [1.54, 1.807) is 27.8 Å². The first-order valence-corrected chi connectivity index (χ1v) is 15.8. The van der Waals surface area contributed by atoms with Gasteiger partial charge in [0.15, 0.2) is 0 Å². The van der Waals surface area contributed by atoms with E-state index in [1.807, 2.05) is 51.1 Å². The van der Waals surface area contributed by atoms with Gasteiger partial charge in [0, 0.05) is 20.0 Å². The summed E-state index contributed by atoms with van der Waals surface area (Å²) in [5, 5.41) is 12.7. The Morgan fingerprint density at radius 1 is 0.884 bits per heavy atom. The number of aliphatic carboxylic acids is 1. The number of hydrogen-bond donors (Lipinski definition) is 2. The van der Waals surface area contributed by atoms with Crippen LogP contribution in [0.3, 0.4) is 0 Å². The predicted octanol–water partition coefficient (Wildman–Crippen LogP) is 5.37. The Labute approximate surface area is 259 Å². The van der Waals surface area contributed by atoms with Crippen molar-refractivity contribution in [3.63, 3.8) is 0 Å². The van der Waals surface area contributed by atoms with Gasteiger partial charge in [0.2, 0.25) is 17.7 Å².